The number of H-pyrrole nitrogens is 1. The molecule has 0 aliphatic carbocycles. The molecule has 1 fully saturated rings. The molecule has 7 nitrogen and oxygen atoms in total. The Bertz CT molecular complexity index is 946. The van der Waals surface area contributed by atoms with Crippen molar-refractivity contribution in [3.63, 3.8) is 0 Å². The highest BCUT2D eigenvalue weighted by Crippen LogP contribution is 2.24. The van der Waals surface area contributed by atoms with Gasteiger partial charge in [0.1, 0.15) is 24.3 Å². The zero-order chi connectivity index (χ0) is 18.6. The number of nitrogens with one attached hydrogen (secondary N) is 1. The second-order valence-corrected chi connectivity index (χ2v) is 6.63. The van der Waals surface area contributed by atoms with Gasteiger partial charge in [0.15, 0.2) is 5.78 Å². The highest BCUT2D eigenvalue weighted by molar-refractivity contribution is 6.06. The van der Waals surface area contributed by atoms with Gasteiger partial charge in [-0.15, -0.1) is 0 Å². The molecule has 1 N–H and O–H groups in total. The zero-order valence-corrected chi connectivity index (χ0v) is 14.8. The van der Waals surface area contributed by atoms with E-state index in [1.165, 1.54) is 6.33 Å². The average Bonchev–Trinajstić information content (AvgIpc) is 3.21. The van der Waals surface area contributed by atoms with Crippen molar-refractivity contribution < 1.29 is 14.3 Å². The molecule has 1 amide bonds. The zero-order valence-electron chi connectivity index (χ0n) is 14.8. The summed E-state index contributed by atoms with van der Waals surface area (Å²) in [5, 5.41) is 0.743. The monoisotopic (exact) mass is 364 g/mol. The second-order valence-electron chi connectivity index (χ2n) is 6.63. The van der Waals surface area contributed by atoms with Crippen LogP contribution >= 0.6 is 0 Å². The van der Waals surface area contributed by atoms with Crippen LogP contribution < -0.4 is 0 Å². The lowest BCUT2D eigenvalue weighted by Gasteiger charge is -2.30. The molecule has 2 aromatic heterocycles. The third-order valence-corrected chi connectivity index (χ3v) is 4.92. The van der Waals surface area contributed by atoms with Gasteiger partial charge < -0.3 is 14.6 Å². The smallest absolute Gasteiger partial charge is 0.410 e. The van der Waals surface area contributed by atoms with E-state index in [1.54, 1.807) is 11.1 Å². The minimum absolute atomic E-state index is 0.0132. The summed E-state index contributed by atoms with van der Waals surface area (Å²) in [4.78, 5) is 38.1. The van der Waals surface area contributed by atoms with Crippen molar-refractivity contribution in [3.05, 3.63) is 60.2 Å². The van der Waals surface area contributed by atoms with Crippen LogP contribution in [0.15, 0.2) is 48.9 Å². The third kappa shape index (κ3) is 3.67. The van der Waals surface area contributed by atoms with Gasteiger partial charge in [-0.2, -0.15) is 0 Å². The van der Waals surface area contributed by atoms with Crippen LogP contribution in [0.2, 0.25) is 0 Å². The SMILES string of the molecule is O=C(c1ncnc2[nH]ccc12)C1CCN(C(=O)OCc2ccccc2)CC1. The maximum Gasteiger partial charge on any atom is 0.410 e. The summed E-state index contributed by atoms with van der Waals surface area (Å²) in [6.45, 7) is 1.27. The molecule has 27 heavy (non-hydrogen) atoms. The first-order chi connectivity index (χ1) is 13.2. The van der Waals surface area contributed by atoms with Crippen molar-refractivity contribution in [1.82, 2.24) is 19.9 Å². The van der Waals surface area contributed by atoms with Gasteiger partial charge >= 0.3 is 6.09 Å². The van der Waals surface area contributed by atoms with E-state index in [2.05, 4.69) is 15.0 Å². The van der Waals surface area contributed by atoms with Crippen LogP contribution in [0.4, 0.5) is 4.79 Å². The van der Waals surface area contributed by atoms with Gasteiger partial charge in [0.05, 0.1) is 0 Å². The molecule has 0 radical (unpaired) electrons. The summed E-state index contributed by atoms with van der Waals surface area (Å²) >= 11 is 0. The normalized spacial score (nSPS) is 15.0. The number of likely N-dealkylation sites (tertiary alicyclic amines) is 1. The number of piperidine rings is 1. The minimum Gasteiger partial charge on any atom is -0.445 e. The summed E-state index contributed by atoms with van der Waals surface area (Å²) in [5.41, 5.74) is 2.07. The Labute approximate surface area is 156 Å². The molecule has 0 saturated carbocycles. The van der Waals surface area contributed by atoms with E-state index in [0.29, 0.717) is 37.3 Å². The fourth-order valence-corrected chi connectivity index (χ4v) is 3.40. The summed E-state index contributed by atoms with van der Waals surface area (Å²) in [5.74, 6) is -0.129. The maximum atomic E-state index is 12.9. The minimum atomic E-state index is -0.334. The predicted molar refractivity (Wildman–Crippen MR) is 99.1 cm³/mol. The van der Waals surface area contributed by atoms with Gasteiger partial charge in [0.2, 0.25) is 0 Å². The number of carbonyl (C=O) groups excluding carboxylic acids is 2. The molecule has 4 rings (SSSR count). The van der Waals surface area contributed by atoms with E-state index in [-0.39, 0.29) is 24.4 Å². The lowest BCUT2D eigenvalue weighted by Crippen LogP contribution is -2.40. The van der Waals surface area contributed by atoms with E-state index < -0.39 is 0 Å². The molecule has 3 heterocycles. The fourth-order valence-electron chi connectivity index (χ4n) is 3.40. The van der Waals surface area contributed by atoms with Crippen molar-refractivity contribution in [3.8, 4) is 0 Å². The number of aromatic nitrogens is 3. The lowest BCUT2D eigenvalue weighted by atomic mass is 9.90. The Morgan fingerprint density at radius 1 is 1.11 bits per heavy atom. The number of ether oxygens (including phenoxy) is 1. The summed E-state index contributed by atoms with van der Waals surface area (Å²) < 4.78 is 5.37. The van der Waals surface area contributed by atoms with Crippen LogP contribution in [0.1, 0.15) is 28.9 Å². The van der Waals surface area contributed by atoms with E-state index >= 15 is 0 Å². The Balaban J connectivity index is 1.34. The van der Waals surface area contributed by atoms with Gasteiger partial charge in [0.25, 0.3) is 0 Å². The first-order valence-electron chi connectivity index (χ1n) is 9.00. The van der Waals surface area contributed by atoms with Gasteiger partial charge in [-0.25, -0.2) is 14.8 Å². The highest BCUT2D eigenvalue weighted by atomic mass is 16.6. The molecule has 3 aromatic rings. The van der Waals surface area contributed by atoms with Gasteiger partial charge in [0, 0.05) is 30.6 Å². The molecule has 138 valence electrons. The molecule has 1 aliphatic heterocycles. The number of amides is 1. The largest absolute Gasteiger partial charge is 0.445 e. The predicted octanol–water partition coefficient (Wildman–Crippen LogP) is 3.19. The number of ketones is 1. The molecule has 7 heteroatoms. The maximum absolute atomic E-state index is 12.9. The number of nitrogens with zero attached hydrogens (tertiary/aromatic N) is 3. The number of hydrogen-bond acceptors (Lipinski definition) is 5. The molecular formula is C20H20N4O3. The summed E-state index contributed by atoms with van der Waals surface area (Å²) in [6.07, 6.45) is 4.04. The molecule has 0 spiro atoms. The van der Waals surface area contributed by atoms with E-state index in [1.807, 2.05) is 36.4 Å². The number of aromatic amines is 1. The topological polar surface area (TPSA) is 88.2 Å². The number of benzene rings is 1. The van der Waals surface area contributed by atoms with Crippen LogP contribution in [0.25, 0.3) is 11.0 Å². The van der Waals surface area contributed by atoms with Crippen molar-refractivity contribution in [1.29, 1.82) is 0 Å². The van der Waals surface area contributed by atoms with Crippen LogP contribution in [-0.4, -0.2) is 44.8 Å². The molecule has 0 atom stereocenters. The number of rotatable bonds is 4. The first-order valence-corrected chi connectivity index (χ1v) is 9.00. The van der Waals surface area contributed by atoms with Crippen LogP contribution in [-0.2, 0) is 11.3 Å². The Hall–Kier alpha value is -3.22. The molecular weight excluding hydrogens is 344 g/mol. The van der Waals surface area contributed by atoms with Crippen molar-refractivity contribution in [2.24, 2.45) is 5.92 Å². The van der Waals surface area contributed by atoms with E-state index in [0.717, 1.165) is 10.9 Å². The lowest BCUT2D eigenvalue weighted by molar-refractivity contribution is 0.0711. The molecule has 1 aromatic carbocycles. The van der Waals surface area contributed by atoms with E-state index in [4.69, 9.17) is 4.74 Å². The average molecular weight is 364 g/mol. The second kappa shape index (κ2) is 7.57. The summed E-state index contributed by atoms with van der Waals surface area (Å²) in [6, 6.07) is 11.4. The summed E-state index contributed by atoms with van der Waals surface area (Å²) in [7, 11) is 0. The van der Waals surface area contributed by atoms with Crippen molar-refractivity contribution in [2.45, 2.75) is 19.4 Å². The fraction of sp³-hybridized carbons (Fsp3) is 0.300. The van der Waals surface area contributed by atoms with Gasteiger partial charge in [-0.05, 0) is 24.5 Å². The first kappa shape index (κ1) is 17.2. The number of Topliss-reactive ketones (excluding diaryl/α,β-unsaturated/α-hetero) is 1. The number of carbonyl (C=O) groups is 2. The molecule has 0 bridgehead atoms. The number of fused-ring (bicyclic) bond motifs is 1. The Kier molecular flexibility index (Phi) is 4.82. The van der Waals surface area contributed by atoms with Gasteiger partial charge in [-0.1, -0.05) is 30.3 Å². The van der Waals surface area contributed by atoms with Gasteiger partial charge in [-0.3, -0.25) is 4.79 Å². The molecule has 0 unspecified atom stereocenters. The van der Waals surface area contributed by atoms with Crippen LogP contribution in [0, 0.1) is 5.92 Å². The van der Waals surface area contributed by atoms with Crippen molar-refractivity contribution >= 4 is 22.9 Å². The van der Waals surface area contributed by atoms with Crippen LogP contribution in [0.5, 0.6) is 0 Å². The Morgan fingerprint density at radius 2 is 1.89 bits per heavy atom. The third-order valence-electron chi connectivity index (χ3n) is 4.92. The van der Waals surface area contributed by atoms with E-state index in [9.17, 15) is 9.59 Å². The number of hydrogen-bond donors (Lipinski definition) is 1. The van der Waals surface area contributed by atoms with Crippen molar-refractivity contribution in [2.75, 3.05) is 13.1 Å². The molecule has 1 aliphatic rings. The highest BCUT2D eigenvalue weighted by Gasteiger charge is 2.30. The Morgan fingerprint density at radius 3 is 2.67 bits per heavy atom. The standard InChI is InChI=1S/C20H20N4O3/c25-18(17-16-6-9-21-19(16)23-13-22-17)15-7-10-24(11-8-15)20(26)27-12-14-4-2-1-3-5-14/h1-6,9,13,15H,7-8,10-12H2,(H,21,22,23). The van der Waals surface area contributed by atoms with Crippen LogP contribution in [0.3, 0.4) is 0 Å². The molecule has 1 saturated heterocycles. The quantitative estimate of drug-likeness (QED) is 0.718.